The second-order valence-electron chi connectivity index (χ2n) is 3.74. The molecule has 102 valence electrons. The molecule has 0 radical (unpaired) electrons. The summed E-state index contributed by atoms with van der Waals surface area (Å²) in [5.74, 6) is 1.65. The highest BCUT2D eigenvalue weighted by atomic mass is 79.9. The van der Waals surface area contributed by atoms with E-state index in [4.69, 9.17) is 9.47 Å². The minimum absolute atomic E-state index is 0.0603. The molecule has 0 saturated heterocycles. The molecule has 0 aliphatic heterocycles. The molecular weight excluding hydrogens is 460 g/mol. The maximum absolute atomic E-state index is 5.42. The molecule has 0 amide bonds. The maximum atomic E-state index is 5.42. The number of rotatable bonds is 4. The van der Waals surface area contributed by atoms with Gasteiger partial charge in [-0.25, -0.2) is 0 Å². The molecule has 0 bridgehead atoms. The van der Waals surface area contributed by atoms with E-state index in [0.717, 1.165) is 25.3 Å². The minimum Gasteiger partial charge on any atom is -0.497 e. The Kier molecular flexibility index (Phi) is 5.34. The largest absolute Gasteiger partial charge is 0.497 e. The van der Waals surface area contributed by atoms with E-state index < -0.39 is 0 Å². The van der Waals surface area contributed by atoms with Crippen LogP contribution in [0.4, 0.5) is 0 Å². The van der Waals surface area contributed by atoms with Gasteiger partial charge in [-0.2, -0.15) is 0 Å². The molecule has 19 heavy (non-hydrogen) atoms. The second kappa shape index (κ2) is 6.61. The Morgan fingerprint density at radius 3 is 2.37 bits per heavy atom. The summed E-state index contributed by atoms with van der Waals surface area (Å²) in [6.45, 7) is 0. The molecule has 0 aliphatic carbocycles. The Bertz CT molecular complexity index is 564. The molecule has 1 heterocycles. The third-order valence-corrected chi connectivity index (χ3v) is 7.23. The van der Waals surface area contributed by atoms with Crippen molar-refractivity contribution < 1.29 is 9.47 Å². The van der Waals surface area contributed by atoms with E-state index >= 15 is 0 Å². The Morgan fingerprint density at radius 2 is 1.84 bits per heavy atom. The van der Waals surface area contributed by atoms with Gasteiger partial charge < -0.3 is 9.47 Å². The average molecular weight is 471 g/mol. The van der Waals surface area contributed by atoms with Gasteiger partial charge in [0.1, 0.15) is 11.5 Å². The van der Waals surface area contributed by atoms with Crippen molar-refractivity contribution in [3.63, 3.8) is 0 Å². The van der Waals surface area contributed by atoms with Crippen molar-refractivity contribution in [2.45, 2.75) is 4.83 Å². The van der Waals surface area contributed by atoms with Crippen LogP contribution < -0.4 is 9.47 Å². The van der Waals surface area contributed by atoms with Crippen molar-refractivity contribution in [3.8, 4) is 11.5 Å². The van der Waals surface area contributed by atoms with Gasteiger partial charge in [0, 0.05) is 14.9 Å². The molecule has 6 heteroatoms. The number of benzene rings is 1. The highest BCUT2D eigenvalue weighted by molar-refractivity contribution is 9.13. The monoisotopic (exact) mass is 468 g/mol. The van der Waals surface area contributed by atoms with Crippen molar-refractivity contribution >= 4 is 59.1 Å². The van der Waals surface area contributed by atoms with Gasteiger partial charge in [0.2, 0.25) is 0 Å². The SMILES string of the molecule is COc1ccc(OC)c(C(Br)c2cc(Br)c(Br)s2)c1. The van der Waals surface area contributed by atoms with Crippen molar-refractivity contribution in [2.75, 3.05) is 14.2 Å². The number of thiophene rings is 1. The van der Waals surface area contributed by atoms with Crippen LogP contribution in [0.3, 0.4) is 0 Å². The summed E-state index contributed by atoms with van der Waals surface area (Å²) >= 11 is 12.4. The van der Waals surface area contributed by atoms with Crippen molar-refractivity contribution in [3.05, 3.63) is 43.0 Å². The van der Waals surface area contributed by atoms with Gasteiger partial charge in [0.15, 0.2) is 0 Å². The first-order valence-corrected chi connectivity index (χ1v) is 8.69. The minimum atomic E-state index is 0.0603. The molecule has 0 saturated carbocycles. The van der Waals surface area contributed by atoms with E-state index in [1.165, 1.54) is 4.88 Å². The van der Waals surface area contributed by atoms with Crippen LogP contribution in [0.1, 0.15) is 15.3 Å². The number of methoxy groups -OCH3 is 2. The third-order valence-electron chi connectivity index (χ3n) is 2.62. The first kappa shape index (κ1) is 15.4. The fraction of sp³-hybridized carbons (Fsp3) is 0.231. The summed E-state index contributed by atoms with van der Waals surface area (Å²) in [5, 5.41) is 0. The second-order valence-corrected chi connectivity index (χ2v) is 7.91. The van der Waals surface area contributed by atoms with Gasteiger partial charge in [-0.1, -0.05) is 15.9 Å². The van der Waals surface area contributed by atoms with E-state index in [-0.39, 0.29) is 4.83 Å². The summed E-state index contributed by atoms with van der Waals surface area (Å²) in [7, 11) is 3.33. The number of hydrogen-bond acceptors (Lipinski definition) is 3. The van der Waals surface area contributed by atoms with Gasteiger partial charge in [-0.3, -0.25) is 0 Å². The Morgan fingerprint density at radius 1 is 1.11 bits per heavy atom. The third kappa shape index (κ3) is 3.35. The zero-order chi connectivity index (χ0) is 14.0. The Hall–Kier alpha value is -0.0400. The molecule has 0 spiro atoms. The number of halogens is 3. The van der Waals surface area contributed by atoms with Crippen molar-refractivity contribution in [1.29, 1.82) is 0 Å². The summed E-state index contributed by atoms with van der Waals surface area (Å²) in [4.78, 5) is 1.25. The molecular formula is C13H11Br3O2S. The smallest absolute Gasteiger partial charge is 0.123 e. The topological polar surface area (TPSA) is 18.5 Å². The van der Waals surface area contributed by atoms with Crippen LogP contribution in [0, 0.1) is 0 Å². The lowest BCUT2D eigenvalue weighted by molar-refractivity contribution is 0.399. The van der Waals surface area contributed by atoms with Gasteiger partial charge in [0.25, 0.3) is 0 Å². The molecule has 2 aromatic rings. The number of alkyl halides is 1. The van der Waals surface area contributed by atoms with Crippen molar-refractivity contribution in [1.82, 2.24) is 0 Å². The molecule has 1 unspecified atom stereocenters. The highest BCUT2D eigenvalue weighted by Gasteiger charge is 2.19. The zero-order valence-corrected chi connectivity index (χ0v) is 15.8. The van der Waals surface area contributed by atoms with Crippen LogP contribution in [0.25, 0.3) is 0 Å². The van der Waals surface area contributed by atoms with E-state index in [9.17, 15) is 0 Å². The Balaban J connectivity index is 2.44. The summed E-state index contributed by atoms with van der Waals surface area (Å²) < 4.78 is 12.8. The van der Waals surface area contributed by atoms with Crippen LogP contribution in [0.5, 0.6) is 11.5 Å². The fourth-order valence-corrected chi connectivity index (χ4v) is 4.54. The zero-order valence-electron chi connectivity index (χ0n) is 10.2. The summed E-state index contributed by atoms with van der Waals surface area (Å²) in [5.41, 5.74) is 1.04. The lowest BCUT2D eigenvalue weighted by Crippen LogP contribution is -1.96. The summed E-state index contributed by atoms with van der Waals surface area (Å²) in [6, 6.07) is 7.88. The van der Waals surface area contributed by atoms with Gasteiger partial charge in [-0.15, -0.1) is 11.3 Å². The summed E-state index contributed by atoms with van der Waals surface area (Å²) in [6.07, 6.45) is 0. The molecule has 2 nitrogen and oxygen atoms in total. The standard InChI is InChI=1S/C13H11Br3O2S/c1-17-7-3-4-10(18-2)8(5-7)12(15)11-6-9(14)13(16)19-11/h3-6,12H,1-2H3. The first-order valence-electron chi connectivity index (χ1n) is 5.37. The first-order chi connectivity index (χ1) is 9.06. The predicted octanol–water partition coefficient (Wildman–Crippen LogP) is 5.77. The molecule has 0 aliphatic rings. The van der Waals surface area contributed by atoms with E-state index in [0.29, 0.717) is 0 Å². The number of hydrogen-bond donors (Lipinski definition) is 0. The molecule has 2 rings (SSSR count). The quantitative estimate of drug-likeness (QED) is 0.528. The van der Waals surface area contributed by atoms with Crippen LogP contribution in [-0.4, -0.2) is 14.2 Å². The molecule has 0 N–H and O–H groups in total. The van der Waals surface area contributed by atoms with Crippen LogP contribution in [-0.2, 0) is 0 Å². The van der Waals surface area contributed by atoms with Gasteiger partial charge in [-0.05, 0) is 56.1 Å². The lowest BCUT2D eigenvalue weighted by Gasteiger charge is -2.14. The van der Waals surface area contributed by atoms with Gasteiger partial charge in [0.05, 0.1) is 22.8 Å². The molecule has 1 aromatic carbocycles. The predicted molar refractivity (Wildman–Crippen MR) is 90.0 cm³/mol. The lowest BCUT2D eigenvalue weighted by atomic mass is 10.1. The van der Waals surface area contributed by atoms with E-state index in [1.54, 1.807) is 25.6 Å². The molecule has 1 aromatic heterocycles. The van der Waals surface area contributed by atoms with E-state index in [2.05, 4.69) is 53.9 Å². The highest BCUT2D eigenvalue weighted by Crippen LogP contribution is 2.44. The van der Waals surface area contributed by atoms with Gasteiger partial charge >= 0.3 is 0 Å². The van der Waals surface area contributed by atoms with Crippen LogP contribution in [0.15, 0.2) is 32.5 Å². The normalized spacial score (nSPS) is 12.3. The van der Waals surface area contributed by atoms with E-state index in [1.807, 2.05) is 18.2 Å². The maximum Gasteiger partial charge on any atom is 0.123 e. The fourth-order valence-electron chi connectivity index (χ4n) is 1.68. The Labute approximate surface area is 141 Å². The molecule has 1 atom stereocenters. The molecule has 0 fully saturated rings. The van der Waals surface area contributed by atoms with Crippen LogP contribution in [0.2, 0.25) is 0 Å². The average Bonchev–Trinajstić information content (AvgIpc) is 2.77. The van der Waals surface area contributed by atoms with Crippen LogP contribution >= 0.6 is 59.1 Å². The van der Waals surface area contributed by atoms with Crippen molar-refractivity contribution in [2.24, 2.45) is 0 Å². The number of ether oxygens (including phenoxy) is 2.